The largest absolute Gasteiger partial charge is 0.261 e. The summed E-state index contributed by atoms with van der Waals surface area (Å²) in [6, 6.07) is 13.4. The molecule has 2 heterocycles. The van der Waals surface area contributed by atoms with E-state index in [0.29, 0.717) is 0 Å². The number of aryl methyl sites for hydroxylation is 3. The van der Waals surface area contributed by atoms with Gasteiger partial charge in [-0.05, 0) is 111 Å². The van der Waals surface area contributed by atoms with Crippen molar-refractivity contribution in [2.75, 3.05) is 0 Å². The number of pyridine rings is 2. The minimum absolute atomic E-state index is 0.805. The average molecular weight is 441 g/mol. The van der Waals surface area contributed by atoms with Crippen LogP contribution >= 0.6 is 0 Å². The predicted octanol–water partition coefficient (Wildman–Crippen LogP) is 6.98. The summed E-state index contributed by atoms with van der Waals surface area (Å²) in [5.41, 5.74) is 12.6. The molecule has 0 saturated heterocycles. The topological polar surface area (TPSA) is 25.8 Å². The van der Waals surface area contributed by atoms with Crippen molar-refractivity contribution in [2.24, 2.45) is 17.8 Å². The molecule has 0 radical (unpaired) electrons. The zero-order valence-electron chi connectivity index (χ0n) is 21.4. The second kappa shape index (κ2) is 10.2. The van der Waals surface area contributed by atoms with Crippen molar-refractivity contribution in [1.82, 2.24) is 9.97 Å². The maximum Gasteiger partial charge on any atom is 0.0441 e. The van der Waals surface area contributed by atoms with Crippen LogP contribution in [0, 0.1) is 38.5 Å². The number of rotatable bonds is 0. The Labute approximate surface area is 200 Å². The highest BCUT2D eigenvalue weighted by Crippen LogP contribution is 2.27. The first-order chi connectivity index (χ1) is 15.8. The lowest BCUT2D eigenvalue weighted by Crippen LogP contribution is -1.91. The van der Waals surface area contributed by atoms with Gasteiger partial charge in [-0.15, -0.1) is 0 Å². The third-order valence-corrected chi connectivity index (χ3v) is 7.12. The second-order valence-electron chi connectivity index (χ2n) is 11.0. The Morgan fingerprint density at radius 3 is 1.94 bits per heavy atom. The summed E-state index contributed by atoms with van der Waals surface area (Å²) in [5.74, 6) is 2.48. The number of hydrogen-bond donors (Lipinski definition) is 0. The van der Waals surface area contributed by atoms with Crippen molar-refractivity contribution < 1.29 is 0 Å². The molecular weight excluding hydrogens is 400 g/mol. The van der Waals surface area contributed by atoms with E-state index in [4.69, 9.17) is 0 Å². The number of hydrogen-bond acceptors (Lipinski definition) is 2. The highest BCUT2D eigenvalue weighted by molar-refractivity contribution is 5.35. The third kappa shape index (κ3) is 6.10. The second-order valence-corrected chi connectivity index (χ2v) is 11.0. The predicted molar refractivity (Wildman–Crippen MR) is 139 cm³/mol. The Morgan fingerprint density at radius 1 is 0.576 bits per heavy atom. The molecule has 0 aliphatic heterocycles. The van der Waals surface area contributed by atoms with Crippen LogP contribution in [0.5, 0.6) is 0 Å². The van der Waals surface area contributed by atoms with Crippen molar-refractivity contribution >= 4 is 0 Å². The lowest BCUT2D eigenvalue weighted by molar-refractivity contribution is 0.623. The van der Waals surface area contributed by atoms with E-state index in [1.165, 1.54) is 72.2 Å². The van der Waals surface area contributed by atoms with Gasteiger partial charge < -0.3 is 0 Å². The normalized spacial score (nSPS) is 21.8. The fourth-order valence-electron chi connectivity index (χ4n) is 5.54. The Balaban J connectivity index is 0.000000118. The molecule has 2 aromatic heterocycles. The van der Waals surface area contributed by atoms with Crippen LogP contribution in [0.4, 0.5) is 0 Å². The molecule has 3 unspecified atom stereocenters. The van der Waals surface area contributed by atoms with Crippen LogP contribution in [-0.4, -0.2) is 9.97 Å². The van der Waals surface area contributed by atoms with Gasteiger partial charge in [0.05, 0.1) is 0 Å². The molecule has 1 aromatic carbocycles. The van der Waals surface area contributed by atoms with Crippen molar-refractivity contribution in [1.29, 1.82) is 0 Å². The maximum absolute atomic E-state index is 4.50. The first kappa shape index (κ1) is 23.7. The van der Waals surface area contributed by atoms with Crippen molar-refractivity contribution in [3.63, 3.8) is 0 Å². The molecule has 2 nitrogen and oxygen atoms in total. The van der Waals surface area contributed by atoms with E-state index in [-0.39, 0.29) is 0 Å². The zero-order valence-corrected chi connectivity index (χ0v) is 21.4. The van der Waals surface area contributed by atoms with E-state index in [9.17, 15) is 0 Å². The average Bonchev–Trinajstić information content (AvgIpc) is 3.41. The first-order valence-corrected chi connectivity index (χ1v) is 12.7. The van der Waals surface area contributed by atoms with E-state index in [2.05, 4.69) is 87.9 Å². The molecule has 2 heteroatoms. The molecule has 0 N–H and O–H groups in total. The smallest absolute Gasteiger partial charge is 0.0441 e. The van der Waals surface area contributed by atoms with Gasteiger partial charge in [-0.25, -0.2) is 0 Å². The van der Waals surface area contributed by atoms with E-state index < -0.39 is 0 Å². The Hall–Kier alpha value is -2.48. The van der Waals surface area contributed by atoms with Crippen LogP contribution in [0.25, 0.3) is 0 Å². The molecule has 0 spiro atoms. The summed E-state index contributed by atoms with van der Waals surface area (Å²) in [4.78, 5) is 8.91. The fourth-order valence-corrected chi connectivity index (χ4v) is 5.54. The summed E-state index contributed by atoms with van der Waals surface area (Å²) in [7, 11) is 0. The van der Waals surface area contributed by atoms with Crippen LogP contribution in [0.1, 0.15) is 71.2 Å². The molecule has 3 aromatic rings. The van der Waals surface area contributed by atoms with Gasteiger partial charge in [0, 0.05) is 23.3 Å². The quantitative estimate of drug-likeness (QED) is 0.377. The Bertz CT molecular complexity index is 972. The van der Waals surface area contributed by atoms with Crippen molar-refractivity contribution in [3.05, 3.63) is 93.1 Å². The highest BCUT2D eigenvalue weighted by atomic mass is 14.7. The molecule has 0 fully saturated rings. The van der Waals surface area contributed by atoms with Gasteiger partial charge in [-0.3, -0.25) is 9.97 Å². The summed E-state index contributed by atoms with van der Waals surface area (Å²) < 4.78 is 0. The molecule has 174 valence electrons. The summed E-state index contributed by atoms with van der Waals surface area (Å²) >= 11 is 0. The van der Waals surface area contributed by atoms with E-state index in [1.807, 2.05) is 6.20 Å². The van der Waals surface area contributed by atoms with E-state index >= 15 is 0 Å². The van der Waals surface area contributed by atoms with Crippen LogP contribution in [-0.2, 0) is 38.5 Å². The Kier molecular flexibility index (Phi) is 7.32. The monoisotopic (exact) mass is 440 g/mol. The molecular formula is C31H40N2. The standard InChI is InChI=1S/C11H14.2C10H13N/c1-8-3-4-10-6-9(2)7-11(10)5-8;1-7-3-9-4-8(2)6-11-10(9)5-7;1-7-5-9-4-3-8(2)11-10(9)6-7/h3-5,9H,6-7H2,1-2H3;4,6-7H,3,5H2,1-2H3;3-4,7H,5-6H2,1-2H3. The number of fused-ring (bicyclic) bond motifs is 3. The van der Waals surface area contributed by atoms with Gasteiger partial charge in [0.1, 0.15) is 0 Å². The molecule has 0 amide bonds. The minimum Gasteiger partial charge on any atom is -0.261 e. The van der Waals surface area contributed by atoms with Crippen LogP contribution in [0.3, 0.4) is 0 Å². The van der Waals surface area contributed by atoms with Crippen LogP contribution < -0.4 is 0 Å². The Morgan fingerprint density at radius 2 is 1.15 bits per heavy atom. The number of benzene rings is 1. The van der Waals surface area contributed by atoms with Crippen LogP contribution in [0.15, 0.2) is 42.6 Å². The molecule has 0 saturated carbocycles. The lowest BCUT2D eigenvalue weighted by Gasteiger charge is -1.98. The number of aromatic nitrogens is 2. The molecule has 3 atom stereocenters. The third-order valence-electron chi connectivity index (χ3n) is 7.12. The molecule has 3 aliphatic carbocycles. The molecule has 3 aliphatic rings. The van der Waals surface area contributed by atoms with Gasteiger partial charge in [-0.2, -0.15) is 0 Å². The SMILES string of the molecule is Cc1ccc2c(c1)CC(C)C2.Cc1ccc2c(n1)CC(C)C2.Cc1cnc2c(c1)CC(C)C2. The summed E-state index contributed by atoms with van der Waals surface area (Å²) in [6.07, 6.45) is 9.35. The number of nitrogens with zero attached hydrogens (tertiary/aromatic N) is 2. The van der Waals surface area contributed by atoms with E-state index in [1.54, 1.807) is 11.1 Å². The zero-order chi connectivity index (χ0) is 23.5. The molecule has 6 rings (SSSR count). The maximum atomic E-state index is 4.50. The highest BCUT2D eigenvalue weighted by Gasteiger charge is 2.19. The van der Waals surface area contributed by atoms with Crippen molar-refractivity contribution in [2.45, 2.75) is 80.1 Å². The lowest BCUT2D eigenvalue weighted by atomic mass is 10.1. The minimum atomic E-state index is 0.805. The van der Waals surface area contributed by atoms with Gasteiger partial charge in [-0.1, -0.05) is 56.7 Å². The molecule has 0 bridgehead atoms. The fraction of sp³-hybridized carbons (Fsp3) is 0.484. The van der Waals surface area contributed by atoms with Gasteiger partial charge in [0.15, 0.2) is 0 Å². The van der Waals surface area contributed by atoms with E-state index in [0.717, 1.165) is 23.4 Å². The van der Waals surface area contributed by atoms with Crippen LogP contribution in [0.2, 0.25) is 0 Å². The van der Waals surface area contributed by atoms with Gasteiger partial charge in [0.25, 0.3) is 0 Å². The summed E-state index contributed by atoms with van der Waals surface area (Å²) in [5, 5.41) is 0. The van der Waals surface area contributed by atoms with Gasteiger partial charge in [0.2, 0.25) is 0 Å². The summed E-state index contributed by atoms with van der Waals surface area (Å²) in [6.45, 7) is 13.2. The molecule has 33 heavy (non-hydrogen) atoms. The first-order valence-electron chi connectivity index (χ1n) is 12.7. The van der Waals surface area contributed by atoms with Crippen molar-refractivity contribution in [3.8, 4) is 0 Å². The van der Waals surface area contributed by atoms with Gasteiger partial charge >= 0.3 is 0 Å².